The lowest BCUT2D eigenvalue weighted by molar-refractivity contribution is 0.0688. The number of aromatic nitrogens is 3. The Balaban J connectivity index is 2.18. The Morgan fingerprint density at radius 1 is 1.15 bits per heavy atom. The molecule has 5 heteroatoms. The van der Waals surface area contributed by atoms with Crippen molar-refractivity contribution in [1.82, 2.24) is 14.6 Å². The van der Waals surface area contributed by atoms with E-state index in [0.717, 1.165) is 11.3 Å². The fourth-order valence-electron chi connectivity index (χ4n) is 2.07. The Kier molecular flexibility index (Phi) is 2.75. The Labute approximate surface area is 115 Å². The van der Waals surface area contributed by atoms with E-state index < -0.39 is 5.97 Å². The standard InChI is InChI=1S/C15H13N3O2/c1-9-3-4-11(7-10(9)2)12-5-6-14-16-8-13(15(19)20)18(14)17-12/h3-8H,1-2H3,(H,19,20). The molecule has 0 aliphatic rings. The molecule has 0 radical (unpaired) electrons. The Hall–Kier alpha value is -2.69. The molecule has 20 heavy (non-hydrogen) atoms. The largest absolute Gasteiger partial charge is 0.476 e. The van der Waals surface area contributed by atoms with Crippen molar-refractivity contribution in [3.05, 3.63) is 53.3 Å². The summed E-state index contributed by atoms with van der Waals surface area (Å²) in [7, 11) is 0. The first-order valence-corrected chi connectivity index (χ1v) is 6.22. The summed E-state index contributed by atoms with van der Waals surface area (Å²) >= 11 is 0. The third-order valence-electron chi connectivity index (χ3n) is 3.38. The van der Waals surface area contributed by atoms with Gasteiger partial charge in [-0.1, -0.05) is 12.1 Å². The Morgan fingerprint density at radius 2 is 1.95 bits per heavy atom. The molecular weight excluding hydrogens is 254 g/mol. The molecule has 0 saturated carbocycles. The van der Waals surface area contributed by atoms with Crippen molar-refractivity contribution in [3.8, 4) is 11.3 Å². The first kappa shape index (κ1) is 12.3. The molecule has 0 unspecified atom stereocenters. The number of aryl methyl sites for hydroxylation is 2. The summed E-state index contributed by atoms with van der Waals surface area (Å²) in [5.74, 6) is -1.04. The lowest BCUT2D eigenvalue weighted by Crippen LogP contribution is -2.05. The highest BCUT2D eigenvalue weighted by Gasteiger charge is 2.12. The highest BCUT2D eigenvalue weighted by Crippen LogP contribution is 2.21. The summed E-state index contributed by atoms with van der Waals surface area (Å²) in [4.78, 5) is 15.1. The number of hydrogen-bond donors (Lipinski definition) is 1. The van der Waals surface area contributed by atoms with Crippen molar-refractivity contribution in [2.45, 2.75) is 13.8 Å². The lowest BCUT2D eigenvalue weighted by atomic mass is 10.0. The van der Waals surface area contributed by atoms with Gasteiger partial charge in [0.25, 0.3) is 0 Å². The zero-order valence-corrected chi connectivity index (χ0v) is 11.2. The Bertz CT molecular complexity index is 821. The van der Waals surface area contributed by atoms with Gasteiger partial charge in [0.15, 0.2) is 11.3 Å². The van der Waals surface area contributed by atoms with E-state index in [1.807, 2.05) is 38.1 Å². The molecule has 100 valence electrons. The molecule has 0 aliphatic carbocycles. The topological polar surface area (TPSA) is 67.5 Å². The average molecular weight is 267 g/mol. The highest BCUT2D eigenvalue weighted by atomic mass is 16.4. The summed E-state index contributed by atoms with van der Waals surface area (Å²) in [5, 5.41) is 13.5. The third-order valence-corrected chi connectivity index (χ3v) is 3.38. The second-order valence-electron chi connectivity index (χ2n) is 4.74. The normalized spacial score (nSPS) is 10.9. The zero-order chi connectivity index (χ0) is 14.3. The van der Waals surface area contributed by atoms with Crippen molar-refractivity contribution < 1.29 is 9.90 Å². The van der Waals surface area contributed by atoms with Crippen molar-refractivity contribution in [2.24, 2.45) is 0 Å². The van der Waals surface area contributed by atoms with Gasteiger partial charge in [-0.25, -0.2) is 14.3 Å². The van der Waals surface area contributed by atoms with Crippen molar-refractivity contribution in [1.29, 1.82) is 0 Å². The summed E-state index contributed by atoms with van der Waals surface area (Å²) in [5.41, 5.74) is 4.65. The fraction of sp³-hybridized carbons (Fsp3) is 0.133. The predicted octanol–water partition coefficient (Wildman–Crippen LogP) is 2.71. The minimum absolute atomic E-state index is 0.0608. The van der Waals surface area contributed by atoms with Crippen LogP contribution in [0.15, 0.2) is 36.5 Å². The van der Waals surface area contributed by atoms with E-state index in [1.54, 1.807) is 6.07 Å². The number of imidazole rings is 1. The van der Waals surface area contributed by atoms with Gasteiger partial charge in [0.05, 0.1) is 11.9 Å². The van der Waals surface area contributed by atoms with Crippen molar-refractivity contribution in [2.75, 3.05) is 0 Å². The molecule has 3 rings (SSSR count). The van der Waals surface area contributed by atoms with E-state index in [9.17, 15) is 4.79 Å². The monoisotopic (exact) mass is 267 g/mol. The van der Waals surface area contributed by atoms with E-state index in [2.05, 4.69) is 10.1 Å². The van der Waals surface area contributed by atoms with Crippen molar-refractivity contribution in [3.63, 3.8) is 0 Å². The molecule has 1 N–H and O–H groups in total. The molecule has 2 heterocycles. The molecule has 0 aliphatic heterocycles. The van der Waals surface area contributed by atoms with Gasteiger partial charge in [0.1, 0.15) is 0 Å². The molecule has 5 nitrogen and oxygen atoms in total. The number of aromatic carboxylic acids is 1. The van der Waals surface area contributed by atoms with Crippen LogP contribution in [0.4, 0.5) is 0 Å². The molecule has 3 aromatic rings. The predicted molar refractivity (Wildman–Crippen MR) is 74.9 cm³/mol. The summed E-state index contributed by atoms with van der Waals surface area (Å²) in [6.07, 6.45) is 1.31. The van der Waals surface area contributed by atoms with Crippen LogP contribution in [0.2, 0.25) is 0 Å². The van der Waals surface area contributed by atoms with Gasteiger partial charge >= 0.3 is 5.97 Å². The molecule has 0 atom stereocenters. The SMILES string of the molecule is Cc1ccc(-c2ccc3ncc(C(=O)O)n3n2)cc1C. The fourth-order valence-corrected chi connectivity index (χ4v) is 2.07. The van der Waals surface area contributed by atoms with Crippen LogP contribution in [-0.2, 0) is 0 Å². The number of carboxylic acid groups (broad SMARTS) is 1. The molecule has 0 fully saturated rings. The maximum atomic E-state index is 11.1. The van der Waals surface area contributed by atoms with Crippen LogP contribution in [-0.4, -0.2) is 25.7 Å². The molecule has 0 amide bonds. The van der Waals surface area contributed by atoms with Crippen LogP contribution in [0, 0.1) is 13.8 Å². The van der Waals surface area contributed by atoms with E-state index in [0.29, 0.717) is 5.65 Å². The Morgan fingerprint density at radius 3 is 2.65 bits per heavy atom. The number of hydrogen-bond acceptors (Lipinski definition) is 3. The van der Waals surface area contributed by atoms with Crippen LogP contribution < -0.4 is 0 Å². The van der Waals surface area contributed by atoms with Crippen molar-refractivity contribution >= 4 is 11.6 Å². The third kappa shape index (κ3) is 1.93. The first-order valence-electron chi connectivity index (χ1n) is 6.22. The van der Waals surface area contributed by atoms with Crippen LogP contribution in [0.25, 0.3) is 16.9 Å². The number of fused-ring (bicyclic) bond motifs is 1. The van der Waals surface area contributed by atoms with E-state index in [1.165, 1.54) is 21.8 Å². The van der Waals surface area contributed by atoms with E-state index in [4.69, 9.17) is 5.11 Å². The molecule has 0 saturated heterocycles. The quantitative estimate of drug-likeness (QED) is 0.775. The lowest BCUT2D eigenvalue weighted by Gasteiger charge is -2.05. The van der Waals surface area contributed by atoms with Crippen LogP contribution in [0.5, 0.6) is 0 Å². The maximum Gasteiger partial charge on any atom is 0.356 e. The highest BCUT2D eigenvalue weighted by molar-refractivity contribution is 5.86. The summed E-state index contributed by atoms with van der Waals surface area (Å²) in [6.45, 7) is 4.09. The second-order valence-corrected chi connectivity index (χ2v) is 4.74. The van der Waals surface area contributed by atoms with Crippen LogP contribution in [0.1, 0.15) is 21.6 Å². The van der Waals surface area contributed by atoms with Crippen LogP contribution in [0.3, 0.4) is 0 Å². The number of nitrogens with zero attached hydrogens (tertiary/aromatic N) is 3. The summed E-state index contributed by atoms with van der Waals surface area (Å²) in [6, 6.07) is 9.67. The molecule has 2 aromatic heterocycles. The van der Waals surface area contributed by atoms with Gasteiger partial charge in [-0.15, -0.1) is 0 Å². The summed E-state index contributed by atoms with van der Waals surface area (Å²) < 4.78 is 1.35. The van der Waals surface area contributed by atoms with Gasteiger partial charge < -0.3 is 5.11 Å². The van der Waals surface area contributed by atoms with Gasteiger partial charge in [0, 0.05) is 5.56 Å². The van der Waals surface area contributed by atoms with E-state index in [-0.39, 0.29) is 5.69 Å². The minimum atomic E-state index is -1.04. The van der Waals surface area contributed by atoms with Gasteiger partial charge in [-0.05, 0) is 43.2 Å². The number of carbonyl (C=O) groups is 1. The maximum absolute atomic E-state index is 11.1. The van der Waals surface area contributed by atoms with Crippen LogP contribution >= 0.6 is 0 Å². The number of carboxylic acids is 1. The van der Waals surface area contributed by atoms with E-state index >= 15 is 0 Å². The van der Waals surface area contributed by atoms with Gasteiger partial charge in [0.2, 0.25) is 0 Å². The second kappa shape index (κ2) is 4.45. The molecule has 1 aromatic carbocycles. The minimum Gasteiger partial charge on any atom is -0.476 e. The smallest absolute Gasteiger partial charge is 0.356 e. The van der Waals surface area contributed by atoms with Gasteiger partial charge in [-0.2, -0.15) is 5.10 Å². The molecule has 0 spiro atoms. The first-order chi connectivity index (χ1) is 9.56. The zero-order valence-electron chi connectivity index (χ0n) is 11.2. The average Bonchev–Trinajstić information content (AvgIpc) is 2.85. The molecule has 0 bridgehead atoms. The number of rotatable bonds is 2. The number of benzene rings is 1. The van der Waals surface area contributed by atoms with Gasteiger partial charge in [-0.3, -0.25) is 0 Å². The molecular formula is C15H13N3O2.